The van der Waals surface area contributed by atoms with Gasteiger partial charge in [-0.3, -0.25) is 0 Å². The summed E-state index contributed by atoms with van der Waals surface area (Å²) in [6.45, 7) is 0. The van der Waals surface area contributed by atoms with Gasteiger partial charge in [-0.2, -0.15) is 0 Å². The number of para-hydroxylation sites is 1. The van der Waals surface area contributed by atoms with Crippen molar-refractivity contribution in [3.63, 3.8) is 0 Å². The molecule has 0 radical (unpaired) electrons. The number of hydrogen-bond acceptors (Lipinski definition) is 4. The fourth-order valence-electron chi connectivity index (χ4n) is 1.29. The van der Waals surface area contributed by atoms with Crippen molar-refractivity contribution in [2.75, 3.05) is 7.11 Å². The Hall–Kier alpha value is -1.88. The lowest BCUT2D eigenvalue weighted by molar-refractivity contribution is 0.0696. The molecule has 0 aliphatic carbocycles. The molecule has 1 N–H and O–H groups in total. The van der Waals surface area contributed by atoms with Gasteiger partial charge in [-0.15, -0.1) is 0 Å². The quantitative estimate of drug-likeness (QED) is 0.903. The highest BCUT2D eigenvalue weighted by molar-refractivity contribution is 7.99. The number of benzene rings is 1. The first kappa shape index (κ1) is 11.6. The van der Waals surface area contributed by atoms with Gasteiger partial charge in [0.15, 0.2) is 5.09 Å². The molecule has 5 heteroatoms. The molecule has 1 aromatic heterocycles. The molecule has 1 heterocycles. The predicted octanol–water partition coefficient (Wildman–Crippen LogP) is 3.14. The van der Waals surface area contributed by atoms with Crippen LogP contribution in [0.3, 0.4) is 0 Å². The Morgan fingerprint density at radius 3 is 2.82 bits per heavy atom. The van der Waals surface area contributed by atoms with Gasteiger partial charge in [0.2, 0.25) is 0 Å². The summed E-state index contributed by atoms with van der Waals surface area (Å²) in [6.07, 6.45) is 1.22. The average Bonchev–Trinajstić information content (AvgIpc) is 2.78. The maximum atomic E-state index is 10.7. The van der Waals surface area contributed by atoms with Crippen LogP contribution in [0.1, 0.15) is 10.4 Å². The maximum Gasteiger partial charge on any atom is 0.339 e. The highest BCUT2D eigenvalue weighted by atomic mass is 32.2. The van der Waals surface area contributed by atoms with Gasteiger partial charge in [0.25, 0.3) is 0 Å². The standard InChI is InChI=1S/C12H10O4S/c1-15-9-4-2-3-5-10(9)17-11-6-8(7-16-11)12(13)14/h2-7H,1H3,(H,13,14). The van der Waals surface area contributed by atoms with Gasteiger partial charge in [-0.05, 0) is 23.9 Å². The summed E-state index contributed by atoms with van der Waals surface area (Å²) in [7, 11) is 1.59. The van der Waals surface area contributed by atoms with Gasteiger partial charge < -0.3 is 14.3 Å². The Kier molecular flexibility index (Phi) is 3.39. The topological polar surface area (TPSA) is 59.7 Å². The number of hydrogen-bond donors (Lipinski definition) is 1. The van der Waals surface area contributed by atoms with E-state index < -0.39 is 5.97 Å². The lowest BCUT2D eigenvalue weighted by atomic mass is 10.3. The highest BCUT2D eigenvalue weighted by Crippen LogP contribution is 2.35. The van der Waals surface area contributed by atoms with E-state index in [1.165, 1.54) is 24.1 Å². The van der Waals surface area contributed by atoms with Crippen molar-refractivity contribution in [1.82, 2.24) is 0 Å². The number of ether oxygens (including phenoxy) is 1. The second kappa shape index (κ2) is 4.97. The van der Waals surface area contributed by atoms with E-state index in [-0.39, 0.29) is 5.56 Å². The Bertz CT molecular complexity index is 533. The number of carboxylic acid groups (broad SMARTS) is 1. The molecule has 2 aromatic rings. The molecule has 1 aromatic carbocycles. The fraction of sp³-hybridized carbons (Fsp3) is 0.0833. The number of carboxylic acids is 1. The van der Waals surface area contributed by atoms with Crippen LogP contribution < -0.4 is 4.74 Å². The van der Waals surface area contributed by atoms with Gasteiger partial charge in [0.05, 0.1) is 17.6 Å². The van der Waals surface area contributed by atoms with Crippen molar-refractivity contribution >= 4 is 17.7 Å². The summed E-state index contributed by atoms with van der Waals surface area (Å²) in [5.74, 6) is -0.272. The molecule has 0 bridgehead atoms. The van der Waals surface area contributed by atoms with Crippen LogP contribution in [-0.2, 0) is 0 Å². The van der Waals surface area contributed by atoms with Crippen molar-refractivity contribution in [2.24, 2.45) is 0 Å². The minimum atomic E-state index is -0.999. The van der Waals surface area contributed by atoms with Crippen LogP contribution in [0.4, 0.5) is 0 Å². The van der Waals surface area contributed by atoms with Crippen LogP contribution in [-0.4, -0.2) is 18.2 Å². The smallest absolute Gasteiger partial charge is 0.339 e. The third-order valence-electron chi connectivity index (χ3n) is 2.10. The van der Waals surface area contributed by atoms with E-state index in [4.69, 9.17) is 14.3 Å². The Labute approximate surface area is 102 Å². The van der Waals surface area contributed by atoms with E-state index in [0.717, 1.165) is 10.6 Å². The van der Waals surface area contributed by atoms with E-state index >= 15 is 0 Å². The monoisotopic (exact) mass is 250 g/mol. The molecule has 0 unspecified atom stereocenters. The van der Waals surface area contributed by atoms with Crippen molar-refractivity contribution in [3.8, 4) is 5.75 Å². The number of rotatable bonds is 4. The van der Waals surface area contributed by atoms with Crippen molar-refractivity contribution in [2.45, 2.75) is 9.99 Å². The van der Waals surface area contributed by atoms with Crippen molar-refractivity contribution in [3.05, 3.63) is 42.2 Å². The molecule has 0 saturated carbocycles. The summed E-state index contributed by atoms with van der Waals surface area (Å²) in [5.41, 5.74) is 0.141. The van der Waals surface area contributed by atoms with Crippen LogP contribution >= 0.6 is 11.8 Å². The second-order valence-corrected chi connectivity index (χ2v) is 4.26. The number of carbonyl (C=O) groups is 1. The second-order valence-electron chi connectivity index (χ2n) is 3.21. The minimum Gasteiger partial charge on any atom is -0.496 e. The molecule has 0 spiro atoms. The van der Waals surface area contributed by atoms with E-state index in [2.05, 4.69) is 0 Å². The first-order valence-corrected chi connectivity index (χ1v) is 5.65. The summed E-state index contributed by atoms with van der Waals surface area (Å²) >= 11 is 1.32. The van der Waals surface area contributed by atoms with Crippen LogP contribution in [0.5, 0.6) is 5.75 Å². The molecular formula is C12H10O4S. The van der Waals surface area contributed by atoms with Crippen molar-refractivity contribution in [1.29, 1.82) is 0 Å². The zero-order chi connectivity index (χ0) is 12.3. The molecule has 0 fully saturated rings. The molecule has 2 rings (SSSR count). The summed E-state index contributed by atoms with van der Waals surface area (Å²) < 4.78 is 10.3. The molecule has 0 atom stereocenters. The van der Waals surface area contributed by atoms with E-state index in [1.54, 1.807) is 7.11 Å². The zero-order valence-electron chi connectivity index (χ0n) is 9.04. The summed E-state index contributed by atoms with van der Waals surface area (Å²) in [4.78, 5) is 11.6. The first-order valence-electron chi connectivity index (χ1n) is 4.83. The Balaban J connectivity index is 2.22. The molecule has 0 amide bonds. The number of aromatic carboxylic acids is 1. The van der Waals surface area contributed by atoms with Gasteiger partial charge in [0.1, 0.15) is 12.0 Å². The van der Waals surface area contributed by atoms with Crippen LogP contribution in [0, 0.1) is 0 Å². The molecule has 0 aliphatic heterocycles. The van der Waals surface area contributed by atoms with Crippen LogP contribution in [0.25, 0.3) is 0 Å². The third kappa shape index (κ3) is 2.62. The maximum absolute atomic E-state index is 10.7. The molecule has 0 aliphatic rings. The Morgan fingerprint density at radius 1 is 1.41 bits per heavy atom. The average molecular weight is 250 g/mol. The molecule has 88 valence electrons. The lowest BCUT2D eigenvalue weighted by Gasteiger charge is -2.04. The largest absolute Gasteiger partial charge is 0.496 e. The molecule has 0 saturated heterocycles. The number of methoxy groups -OCH3 is 1. The third-order valence-corrected chi connectivity index (χ3v) is 3.07. The van der Waals surface area contributed by atoms with Gasteiger partial charge in [-0.1, -0.05) is 12.1 Å². The van der Waals surface area contributed by atoms with Crippen LogP contribution in [0.15, 0.2) is 51.0 Å². The zero-order valence-corrected chi connectivity index (χ0v) is 9.86. The minimum absolute atomic E-state index is 0.141. The van der Waals surface area contributed by atoms with E-state index in [0.29, 0.717) is 5.09 Å². The molecular weight excluding hydrogens is 240 g/mol. The SMILES string of the molecule is COc1ccccc1Sc1cc(C(=O)O)co1. The predicted molar refractivity (Wildman–Crippen MR) is 62.8 cm³/mol. The van der Waals surface area contributed by atoms with Gasteiger partial charge in [-0.25, -0.2) is 4.79 Å². The number of furan rings is 1. The van der Waals surface area contributed by atoms with Crippen molar-refractivity contribution < 1.29 is 19.1 Å². The fourth-order valence-corrected chi connectivity index (χ4v) is 2.19. The molecule has 4 nitrogen and oxygen atoms in total. The highest BCUT2D eigenvalue weighted by Gasteiger charge is 2.11. The first-order chi connectivity index (χ1) is 8.20. The van der Waals surface area contributed by atoms with E-state index in [9.17, 15) is 4.79 Å². The molecule has 17 heavy (non-hydrogen) atoms. The van der Waals surface area contributed by atoms with Gasteiger partial charge in [0, 0.05) is 6.07 Å². The summed E-state index contributed by atoms with van der Waals surface area (Å²) in [5, 5.41) is 9.29. The summed E-state index contributed by atoms with van der Waals surface area (Å²) in [6, 6.07) is 8.95. The van der Waals surface area contributed by atoms with Gasteiger partial charge >= 0.3 is 5.97 Å². The normalized spacial score (nSPS) is 10.2. The van der Waals surface area contributed by atoms with Crippen LogP contribution in [0.2, 0.25) is 0 Å². The Morgan fingerprint density at radius 2 is 2.18 bits per heavy atom. The lowest BCUT2D eigenvalue weighted by Crippen LogP contribution is -1.91. The van der Waals surface area contributed by atoms with E-state index in [1.807, 2.05) is 24.3 Å².